The van der Waals surface area contributed by atoms with E-state index in [1.807, 2.05) is 55.5 Å². The average molecular weight is 431 g/mol. The highest BCUT2D eigenvalue weighted by Crippen LogP contribution is 2.23. The summed E-state index contributed by atoms with van der Waals surface area (Å²) in [5, 5.41) is 0. The number of piperazine rings is 1. The van der Waals surface area contributed by atoms with Crippen molar-refractivity contribution in [1.82, 2.24) is 9.21 Å². The Kier molecular flexibility index (Phi) is 7.15. The summed E-state index contributed by atoms with van der Waals surface area (Å²) >= 11 is 0. The summed E-state index contributed by atoms with van der Waals surface area (Å²) < 4.78 is 32.5. The molecule has 0 unspecified atom stereocenters. The summed E-state index contributed by atoms with van der Waals surface area (Å²) in [5.41, 5.74) is 3.18. The van der Waals surface area contributed by atoms with Gasteiger partial charge in [-0.05, 0) is 41.7 Å². The number of amides is 1. The van der Waals surface area contributed by atoms with Crippen LogP contribution in [0.4, 0.5) is 0 Å². The molecule has 162 valence electrons. The summed E-state index contributed by atoms with van der Waals surface area (Å²) in [5.74, 6) is 0.974. The molecular weight excluding hydrogens is 400 g/mol. The van der Waals surface area contributed by atoms with E-state index in [2.05, 4.69) is 13.8 Å². The standard InChI is InChI=1S/C23H30N2O4S/c1-18(2)22-10-9-21(15-19(22)3)29-16-23(26)24-11-13-25(14-12-24)30(27,28)17-20-7-5-4-6-8-20/h4-10,15,18H,11-14,16-17H2,1-3H3. The van der Waals surface area contributed by atoms with Crippen molar-refractivity contribution in [2.24, 2.45) is 0 Å². The fourth-order valence-electron chi connectivity index (χ4n) is 3.71. The molecule has 1 amide bonds. The lowest BCUT2D eigenvalue weighted by molar-refractivity contribution is -0.134. The summed E-state index contributed by atoms with van der Waals surface area (Å²) in [6.07, 6.45) is 0. The quantitative estimate of drug-likeness (QED) is 0.677. The zero-order chi connectivity index (χ0) is 21.7. The molecule has 0 saturated carbocycles. The topological polar surface area (TPSA) is 66.9 Å². The van der Waals surface area contributed by atoms with Crippen LogP contribution in [0.15, 0.2) is 48.5 Å². The molecule has 0 atom stereocenters. The van der Waals surface area contributed by atoms with E-state index >= 15 is 0 Å². The molecule has 3 rings (SSSR count). The van der Waals surface area contributed by atoms with Gasteiger partial charge in [0.1, 0.15) is 5.75 Å². The van der Waals surface area contributed by atoms with Gasteiger partial charge in [-0.2, -0.15) is 4.31 Å². The lowest BCUT2D eigenvalue weighted by Crippen LogP contribution is -2.51. The van der Waals surface area contributed by atoms with Crippen molar-refractivity contribution in [3.8, 4) is 5.75 Å². The first-order valence-electron chi connectivity index (χ1n) is 10.3. The number of nitrogens with zero attached hydrogens (tertiary/aromatic N) is 2. The second kappa shape index (κ2) is 9.62. The number of aryl methyl sites for hydroxylation is 1. The molecule has 0 N–H and O–H groups in total. The van der Waals surface area contributed by atoms with Crippen LogP contribution in [-0.2, 0) is 20.6 Å². The molecule has 0 radical (unpaired) electrons. The first kappa shape index (κ1) is 22.3. The minimum absolute atomic E-state index is 0.0172. The summed E-state index contributed by atoms with van der Waals surface area (Å²) in [4.78, 5) is 14.2. The van der Waals surface area contributed by atoms with E-state index in [1.54, 1.807) is 4.90 Å². The van der Waals surface area contributed by atoms with Gasteiger partial charge in [0.15, 0.2) is 6.61 Å². The third kappa shape index (κ3) is 5.61. The van der Waals surface area contributed by atoms with Crippen molar-refractivity contribution in [2.45, 2.75) is 32.4 Å². The molecule has 0 spiro atoms. The van der Waals surface area contributed by atoms with Crippen LogP contribution in [0.1, 0.15) is 36.5 Å². The molecule has 1 fully saturated rings. The van der Waals surface area contributed by atoms with E-state index < -0.39 is 10.0 Å². The molecule has 30 heavy (non-hydrogen) atoms. The van der Waals surface area contributed by atoms with Gasteiger partial charge in [0.25, 0.3) is 5.91 Å². The van der Waals surface area contributed by atoms with Crippen molar-refractivity contribution >= 4 is 15.9 Å². The minimum atomic E-state index is -3.39. The Labute approximate surface area is 179 Å². The summed E-state index contributed by atoms with van der Waals surface area (Å²) in [6, 6.07) is 15.0. The van der Waals surface area contributed by atoms with E-state index in [0.717, 1.165) is 11.1 Å². The summed E-state index contributed by atoms with van der Waals surface area (Å²) in [7, 11) is -3.39. The molecule has 6 nitrogen and oxygen atoms in total. The number of ether oxygens (including phenoxy) is 1. The van der Waals surface area contributed by atoms with Gasteiger partial charge in [0.2, 0.25) is 10.0 Å². The summed E-state index contributed by atoms with van der Waals surface area (Å²) in [6.45, 7) is 7.66. The molecule has 1 heterocycles. The first-order chi connectivity index (χ1) is 14.3. The van der Waals surface area contributed by atoms with Gasteiger partial charge in [0.05, 0.1) is 5.75 Å². The molecule has 0 bridgehead atoms. The number of hydrogen-bond donors (Lipinski definition) is 0. The van der Waals surface area contributed by atoms with Gasteiger partial charge >= 0.3 is 0 Å². The van der Waals surface area contributed by atoms with Crippen LogP contribution in [0.2, 0.25) is 0 Å². The number of hydrogen-bond acceptors (Lipinski definition) is 4. The third-order valence-corrected chi connectivity index (χ3v) is 7.25. The fraction of sp³-hybridized carbons (Fsp3) is 0.435. The van der Waals surface area contributed by atoms with Gasteiger partial charge in [-0.25, -0.2) is 8.42 Å². The number of rotatable bonds is 7. The number of carbonyl (C=O) groups is 1. The van der Waals surface area contributed by atoms with E-state index in [9.17, 15) is 13.2 Å². The van der Waals surface area contributed by atoms with E-state index in [1.165, 1.54) is 9.87 Å². The highest BCUT2D eigenvalue weighted by atomic mass is 32.2. The van der Waals surface area contributed by atoms with Gasteiger partial charge < -0.3 is 9.64 Å². The van der Waals surface area contributed by atoms with E-state index in [-0.39, 0.29) is 18.3 Å². The van der Waals surface area contributed by atoms with Gasteiger partial charge in [-0.1, -0.05) is 50.2 Å². The third-order valence-electron chi connectivity index (χ3n) is 5.40. The molecule has 7 heteroatoms. The molecular formula is C23H30N2O4S. The van der Waals surface area contributed by atoms with Gasteiger partial charge in [-0.15, -0.1) is 0 Å². The smallest absolute Gasteiger partial charge is 0.260 e. The Morgan fingerprint density at radius 2 is 1.70 bits per heavy atom. The molecule has 1 saturated heterocycles. The fourth-order valence-corrected chi connectivity index (χ4v) is 5.23. The Balaban J connectivity index is 1.50. The van der Waals surface area contributed by atoms with Crippen molar-refractivity contribution in [2.75, 3.05) is 32.8 Å². The molecule has 2 aromatic rings. The van der Waals surface area contributed by atoms with Crippen LogP contribution in [0.25, 0.3) is 0 Å². The number of sulfonamides is 1. The SMILES string of the molecule is Cc1cc(OCC(=O)N2CCN(S(=O)(=O)Cc3ccccc3)CC2)ccc1C(C)C. The Hall–Kier alpha value is -2.38. The molecule has 0 aliphatic carbocycles. The molecule has 0 aromatic heterocycles. The van der Waals surface area contributed by atoms with E-state index in [0.29, 0.717) is 37.8 Å². The van der Waals surface area contributed by atoms with Crippen LogP contribution < -0.4 is 4.74 Å². The predicted molar refractivity (Wildman–Crippen MR) is 118 cm³/mol. The maximum Gasteiger partial charge on any atom is 0.260 e. The Bertz CT molecular complexity index is 966. The first-order valence-corrected chi connectivity index (χ1v) is 11.9. The van der Waals surface area contributed by atoms with Crippen LogP contribution >= 0.6 is 0 Å². The second-order valence-electron chi connectivity index (χ2n) is 7.98. The molecule has 1 aliphatic heterocycles. The minimum Gasteiger partial charge on any atom is -0.484 e. The lowest BCUT2D eigenvalue weighted by Gasteiger charge is -2.34. The number of benzene rings is 2. The Morgan fingerprint density at radius 1 is 1.03 bits per heavy atom. The second-order valence-corrected chi connectivity index (χ2v) is 9.95. The van der Waals surface area contributed by atoms with Crippen molar-refractivity contribution in [3.63, 3.8) is 0 Å². The maximum atomic E-state index is 12.6. The van der Waals surface area contributed by atoms with Crippen LogP contribution in [0, 0.1) is 6.92 Å². The molecule has 2 aromatic carbocycles. The van der Waals surface area contributed by atoms with Crippen LogP contribution in [0.5, 0.6) is 5.75 Å². The molecule has 1 aliphatic rings. The Morgan fingerprint density at radius 3 is 2.30 bits per heavy atom. The predicted octanol–water partition coefficient (Wildman–Crippen LogP) is 3.17. The average Bonchev–Trinajstić information content (AvgIpc) is 2.72. The monoisotopic (exact) mass is 430 g/mol. The zero-order valence-corrected chi connectivity index (χ0v) is 18.7. The maximum absolute atomic E-state index is 12.6. The van der Waals surface area contributed by atoms with Crippen molar-refractivity contribution in [1.29, 1.82) is 0 Å². The highest BCUT2D eigenvalue weighted by molar-refractivity contribution is 7.88. The number of carbonyl (C=O) groups excluding carboxylic acids is 1. The van der Waals surface area contributed by atoms with Crippen LogP contribution in [0.3, 0.4) is 0 Å². The van der Waals surface area contributed by atoms with Crippen molar-refractivity contribution < 1.29 is 17.9 Å². The zero-order valence-electron chi connectivity index (χ0n) is 17.9. The van der Waals surface area contributed by atoms with Crippen LogP contribution in [-0.4, -0.2) is 56.3 Å². The van der Waals surface area contributed by atoms with Gasteiger partial charge in [-0.3, -0.25) is 4.79 Å². The van der Waals surface area contributed by atoms with Gasteiger partial charge in [0, 0.05) is 26.2 Å². The van der Waals surface area contributed by atoms with Crippen molar-refractivity contribution in [3.05, 3.63) is 65.2 Å². The lowest BCUT2D eigenvalue weighted by atomic mass is 9.98. The highest BCUT2D eigenvalue weighted by Gasteiger charge is 2.29. The largest absolute Gasteiger partial charge is 0.484 e. The normalized spacial score (nSPS) is 15.4. The van der Waals surface area contributed by atoms with E-state index in [4.69, 9.17) is 4.74 Å².